The number of anilines is 2. The second kappa shape index (κ2) is 10.4. The Kier molecular flexibility index (Phi) is 6.81. The molecule has 8 atom stereocenters. The van der Waals surface area contributed by atoms with Crippen molar-refractivity contribution in [2.45, 2.75) is 88.5 Å². The van der Waals surface area contributed by atoms with Crippen molar-refractivity contribution < 1.29 is 19.1 Å². The van der Waals surface area contributed by atoms with E-state index in [1.807, 2.05) is 35.2 Å². The number of nitrogens with one attached hydrogen (secondary N) is 4. The topological polar surface area (TPSA) is 117 Å². The van der Waals surface area contributed by atoms with E-state index in [1.165, 1.54) is 0 Å². The number of hydrazine groups is 1. The van der Waals surface area contributed by atoms with Crippen LogP contribution in [0.2, 0.25) is 0 Å². The van der Waals surface area contributed by atoms with Crippen molar-refractivity contribution in [2.24, 2.45) is 17.8 Å². The number of carbonyl (C=O) groups is 2. The maximum Gasteiger partial charge on any atom is 0.273 e. The highest BCUT2D eigenvalue weighted by Gasteiger charge is 2.67. The van der Waals surface area contributed by atoms with Crippen LogP contribution in [0.15, 0.2) is 30.3 Å². The summed E-state index contributed by atoms with van der Waals surface area (Å²) in [5, 5.41) is 6.72. The molecule has 3 aliphatic heterocycles. The van der Waals surface area contributed by atoms with Crippen LogP contribution in [0.3, 0.4) is 0 Å². The molecular weight excluding hydrogens is 532 g/mol. The fourth-order valence-electron chi connectivity index (χ4n) is 8.46. The summed E-state index contributed by atoms with van der Waals surface area (Å²) in [6.45, 7) is 4.23. The molecule has 42 heavy (non-hydrogen) atoms. The predicted molar refractivity (Wildman–Crippen MR) is 159 cm³/mol. The van der Waals surface area contributed by atoms with Gasteiger partial charge in [0.15, 0.2) is 0 Å². The van der Waals surface area contributed by atoms with E-state index in [-0.39, 0.29) is 30.1 Å². The molecule has 4 heterocycles. The number of nitrogens with zero attached hydrogens (tertiary/aromatic N) is 2. The standard InChI is InChI=1S/C32H42N6O4/c1-17-6-5-7-18(2)38(17)30(39)26-13-12-25(29(34-26)42-4)33-28-21-10-8-19(14-27(21)36-37-28)23-16-32(23)22-15-20(41-3)9-11-24(22)35-31(32)40/h9,11-13,15,17-19,21,23,27-28,33,36-37H,5-8,10,14,16H2,1-4H3,(H,35,40)/t17-,18+,19?,21?,23-,27?,28?,32-/m0/s1. The molecule has 1 aromatic carbocycles. The van der Waals surface area contributed by atoms with Gasteiger partial charge in [-0.2, -0.15) is 0 Å². The van der Waals surface area contributed by atoms with E-state index in [1.54, 1.807) is 14.2 Å². The number of pyridine rings is 1. The summed E-state index contributed by atoms with van der Waals surface area (Å²) < 4.78 is 11.1. The first-order valence-electron chi connectivity index (χ1n) is 15.5. The lowest BCUT2D eigenvalue weighted by atomic mass is 9.74. The first kappa shape index (κ1) is 27.5. The van der Waals surface area contributed by atoms with Gasteiger partial charge < -0.3 is 25.0 Å². The Morgan fingerprint density at radius 2 is 1.86 bits per heavy atom. The van der Waals surface area contributed by atoms with Gasteiger partial charge >= 0.3 is 0 Å². The Balaban J connectivity index is 1.02. The smallest absolute Gasteiger partial charge is 0.273 e. The molecule has 224 valence electrons. The van der Waals surface area contributed by atoms with Crippen molar-refractivity contribution >= 4 is 23.2 Å². The third kappa shape index (κ3) is 4.33. The predicted octanol–water partition coefficient (Wildman–Crippen LogP) is 4.04. The van der Waals surface area contributed by atoms with Gasteiger partial charge in [-0.3, -0.25) is 15.0 Å². The highest BCUT2D eigenvalue weighted by atomic mass is 16.5. The number of likely N-dealkylation sites (tertiary alicyclic amines) is 1. The average molecular weight is 575 g/mol. The van der Waals surface area contributed by atoms with Crippen molar-refractivity contribution in [3.8, 4) is 11.6 Å². The SMILES string of the molecule is COc1ccc2c(c1)[C@]1(C[C@H]1C1CCC3C(C1)NNC3Nc1ccc(C(=O)N3[C@H](C)CCC[C@@H]3C)nc1OC)C(=O)N2. The van der Waals surface area contributed by atoms with Crippen molar-refractivity contribution in [1.82, 2.24) is 20.7 Å². The van der Waals surface area contributed by atoms with Gasteiger partial charge in [-0.25, -0.2) is 10.4 Å². The number of methoxy groups -OCH3 is 2. The summed E-state index contributed by atoms with van der Waals surface area (Å²) in [6, 6.07) is 10.4. The number of hydrogen-bond donors (Lipinski definition) is 4. The molecule has 4 N–H and O–H groups in total. The number of aromatic nitrogens is 1. The van der Waals surface area contributed by atoms with E-state index in [0.29, 0.717) is 35.4 Å². The second-order valence-electron chi connectivity index (χ2n) is 13.0. The van der Waals surface area contributed by atoms with Crippen LogP contribution in [-0.4, -0.2) is 60.2 Å². The largest absolute Gasteiger partial charge is 0.497 e. The summed E-state index contributed by atoms with van der Waals surface area (Å²) >= 11 is 0. The number of rotatable bonds is 6. The normalized spacial score (nSPS) is 34.9. The van der Waals surface area contributed by atoms with E-state index >= 15 is 0 Å². The van der Waals surface area contributed by atoms with Crippen molar-refractivity contribution in [2.75, 3.05) is 24.9 Å². The fraction of sp³-hybridized carbons (Fsp3) is 0.594. The van der Waals surface area contributed by atoms with E-state index in [9.17, 15) is 9.59 Å². The summed E-state index contributed by atoms with van der Waals surface area (Å²) in [5.41, 5.74) is 9.80. The summed E-state index contributed by atoms with van der Waals surface area (Å²) in [7, 11) is 3.27. The number of ether oxygens (including phenoxy) is 2. The van der Waals surface area contributed by atoms with Crippen LogP contribution in [0, 0.1) is 17.8 Å². The van der Waals surface area contributed by atoms with Gasteiger partial charge in [0.1, 0.15) is 11.4 Å². The molecule has 4 fully saturated rings. The molecule has 1 spiro atoms. The van der Waals surface area contributed by atoms with E-state index in [0.717, 1.165) is 67.6 Å². The zero-order valence-electron chi connectivity index (χ0n) is 24.9. The van der Waals surface area contributed by atoms with Crippen LogP contribution in [0.4, 0.5) is 11.4 Å². The van der Waals surface area contributed by atoms with Gasteiger partial charge in [-0.05, 0) is 107 Å². The molecule has 0 bridgehead atoms. The van der Waals surface area contributed by atoms with Crippen LogP contribution in [0.1, 0.15) is 74.8 Å². The van der Waals surface area contributed by atoms with E-state index in [4.69, 9.17) is 9.47 Å². The second-order valence-corrected chi connectivity index (χ2v) is 13.0. The van der Waals surface area contributed by atoms with Crippen LogP contribution in [-0.2, 0) is 10.2 Å². The third-order valence-electron chi connectivity index (χ3n) is 10.8. The van der Waals surface area contributed by atoms with E-state index < -0.39 is 5.41 Å². The number of hydrogen-bond acceptors (Lipinski definition) is 8. The van der Waals surface area contributed by atoms with Gasteiger partial charge in [-0.1, -0.05) is 0 Å². The lowest BCUT2D eigenvalue weighted by Gasteiger charge is -2.38. The maximum atomic E-state index is 13.4. The zero-order chi connectivity index (χ0) is 29.2. The molecular formula is C32H42N6O4. The number of carbonyl (C=O) groups excluding carboxylic acids is 2. The van der Waals surface area contributed by atoms with Crippen molar-refractivity contribution in [3.63, 3.8) is 0 Å². The molecule has 2 saturated carbocycles. The molecule has 0 radical (unpaired) electrons. The molecule has 2 amide bonds. The first-order chi connectivity index (χ1) is 20.3. The number of piperidine rings is 1. The first-order valence-corrected chi connectivity index (χ1v) is 15.5. The quantitative estimate of drug-likeness (QED) is 0.409. The van der Waals surface area contributed by atoms with Crippen LogP contribution in [0.25, 0.3) is 0 Å². The summed E-state index contributed by atoms with van der Waals surface area (Å²) in [6.07, 6.45) is 7.24. The van der Waals surface area contributed by atoms with Gasteiger partial charge in [-0.15, -0.1) is 0 Å². The third-order valence-corrected chi connectivity index (χ3v) is 10.8. The zero-order valence-corrected chi connectivity index (χ0v) is 24.9. The average Bonchev–Trinajstić information content (AvgIpc) is 3.55. The maximum absolute atomic E-state index is 13.4. The Morgan fingerprint density at radius 3 is 2.62 bits per heavy atom. The number of benzene rings is 1. The number of amides is 2. The minimum atomic E-state index is -0.410. The molecule has 2 saturated heterocycles. The Hall–Kier alpha value is -3.37. The van der Waals surface area contributed by atoms with Crippen LogP contribution in [0.5, 0.6) is 11.6 Å². The van der Waals surface area contributed by atoms with Crippen LogP contribution >= 0.6 is 0 Å². The Bertz CT molecular complexity index is 1390. The minimum Gasteiger partial charge on any atom is -0.497 e. The fourth-order valence-corrected chi connectivity index (χ4v) is 8.46. The lowest BCUT2D eigenvalue weighted by molar-refractivity contribution is -0.118. The molecule has 1 aromatic heterocycles. The van der Waals surface area contributed by atoms with Gasteiger partial charge in [0.25, 0.3) is 5.91 Å². The molecule has 2 aliphatic carbocycles. The summed E-state index contributed by atoms with van der Waals surface area (Å²) in [5.74, 6) is 2.53. The highest BCUT2D eigenvalue weighted by Crippen LogP contribution is 2.65. The number of fused-ring (bicyclic) bond motifs is 3. The molecule has 2 aromatic rings. The van der Waals surface area contributed by atoms with Crippen molar-refractivity contribution in [3.05, 3.63) is 41.6 Å². The monoisotopic (exact) mass is 574 g/mol. The van der Waals surface area contributed by atoms with Gasteiger partial charge in [0, 0.05) is 29.7 Å². The van der Waals surface area contributed by atoms with Crippen LogP contribution < -0.4 is 31.0 Å². The van der Waals surface area contributed by atoms with Gasteiger partial charge in [0.2, 0.25) is 11.8 Å². The van der Waals surface area contributed by atoms with E-state index in [2.05, 4.69) is 40.3 Å². The Labute approximate surface area is 247 Å². The molecule has 5 aliphatic rings. The molecule has 10 heteroatoms. The lowest BCUT2D eigenvalue weighted by Crippen LogP contribution is -2.47. The molecule has 7 rings (SSSR count). The Morgan fingerprint density at radius 1 is 1.05 bits per heavy atom. The van der Waals surface area contributed by atoms with Crippen molar-refractivity contribution in [1.29, 1.82) is 0 Å². The summed E-state index contributed by atoms with van der Waals surface area (Å²) in [4.78, 5) is 33.1. The van der Waals surface area contributed by atoms with Gasteiger partial charge in [0.05, 0.1) is 31.5 Å². The molecule has 10 nitrogen and oxygen atoms in total. The highest BCUT2D eigenvalue weighted by molar-refractivity contribution is 6.09. The molecule has 4 unspecified atom stereocenters. The minimum absolute atomic E-state index is 0.00303.